The molecule has 0 aromatic carbocycles. The maximum Gasteiger partial charge on any atom is 0.320 e. The van der Waals surface area contributed by atoms with Gasteiger partial charge in [0.05, 0.1) is 6.54 Å². The molecule has 0 amide bonds. The number of ketones is 1. The van der Waals surface area contributed by atoms with E-state index in [1.165, 1.54) is 57.8 Å². The minimum atomic E-state index is -0.512. The smallest absolute Gasteiger partial charge is 0.320 e. The van der Waals surface area contributed by atoms with Crippen LogP contribution in [0.15, 0.2) is 0 Å². The van der Waals surface area contributed by atoms with Gasteiger partial charge in [0.25, 0.3) is 0 Å². The molecule has 0 aliphatic rings. The zero-order chi connectivity index (χ0) is 15.8. The molecule has 0 saturated heterocycles. The summed E-state index contributed by atoms with van der Waals surface area (Å²) in [7, 11) is 0. The van der Waals surface area contributed by atoms with Gasteiger partial charge in [-0.2, -0.15) is 0 Å². The fourth-order valence-corrected chi connectivity index (χ4v) is 2.28. The molecule has 0 bridgehead atoms. The van der Waals surface area contributed by atoms with Crippen molar-refractivity contribution in [1.29, 1.82) is 0 Å². The van der Waals surface area contributed by atoms with Crippen molar-refractivity contribution in [3.63, 3.8) is 0 Å². The number of ether oxygens (including phenoxy) is 1. The number of nitrogens with two attached hydrogens (primary N) is 1. The molecular formula is C17H33NNaO3. The van der Waals surface area contributed by atoms with Crippen LogP contribution in [0.25, 0.3) is 0 Å². The summed E-state index contributed by atoms with van der Waals surface area (Å²) in [4.78, 5) is 22.2. The van der Waals surface area contributed by atoms with E-state index in [1.54, 1.807) is 0 Å². The van der Waals surface area contributed by atoms with E-state index in [-0.39, 0.29) is 48.5 Å². The van der Waals surface area contributed by atoms with Crippen molar-refractivity contribution in [2.75, 3.05) is 13.2 Å². The number of unbranched alkanes of at least 4 members (excludes halogenated alkanes) is 10. The number of esters is 1. The first kappa shape index (κ1) is 24.4. The molecule has 5 heteroatoms. The summed E-state index contributed by atoms with van der Waals surface area (Å²) in [5.74, 6) is -0.519. The standard InChI is InChI=1S/C17H33NO3.Na/c1-2-3-4-5-6-7-8-9-10-11-12-13-16(19)15-21-17(20)14-18;/h2-15,18H2,1H3;. The quantitative estimate of drug-likeness (QED) is 0.285. The molecule has 22 heavy (non-hydrogen) atoms. The molecule has 1 radical (unpaired) electrons. The van der Waals surface area contributed by atoms with Crippen LogP contribution >= 0.6 is 0 Å². The molecule has 0 spiro atoms. The maximum atomic E-state index is 11.4. The zero-order valence-corrected chi connectivity index (χ0v) is 16.7. The number of carbonyl (C=O) groups excluding carboxylic acids is 2. The summed E-state index contributed by atoms with van der Waals surface area (Å²) in [5.41, 5.74) is 5.09. The first-order valence-corrected chi connectivity index (χ1v) is 8.58. The Balaban J connectivity index is 0. The first-order valence-electron chi connectivity index (χ1n) is 8.58. The second-order valence-electron chi connectivity index (χ2n) is 5.69. The van der Waals surface area contributed by atoms with Gasteiger partial charge in [0.1, 0.15) is 6.61 Å². The molecule has 0 heterocycles. The molecule has 125 valence electrons. The van der Waals surface area contributed by atoms with E-state index in [1.807, 2.05) is 0 Å². The first-order chi connectivity index (χ1) is 10.2. The van der Waals surface area contributed by atoms with E-state index in [0.29, 0.717) is 6.42 Å². The van der Waals surface area contributed by atoms with E-state index in [4.69, 9.17) is 5.73 Å². The van der Waals surface area contributed by atoms with E-state index in [0.717, 1.165) is 12.8 Å². The third kappa shape index (κ3) is 18.1. The molecule has 2 N–H and O–H groups in total. The van der Waals surface area contributed by atoms with Crippen molar-refractivity contribution in [2.45, 2.75) is 84.0 Å². The predicted octanol–water partition coefficient (Wildman–Crippen LogP) is 3.38. The summed E-state index contributed by atoms with van der Waals surface area (Å²) in [6, 6.07) is 0. The van der Waals surface area contributed by atoms with Gasteiger partial charge in [-0.15, -0.1) is 0 Å². The Kier molecular flexibility index (Phi) is 21.2. The average molecular weight is 322 g/mol. The number of carbonyl (C=O) groups is 2. The molecule has 0 aliphatic heterocycles. The van der Waals surface area contributed by atoms with Crippen LogP contribution in [0.1, 0.15) is 84.0 Å². The molecule has 0 atom stereocenters. The normalized spacial score (nSPS) is 10.1. The molecule has 0 rings (SSSR count). The van der Waals surface area contributed by atoms with Gasteiger partial charge in [0, 0.05) is 36.0 Å². The summed E-state index contributed by atoms with van der Waals surface area (Å²) in [6.07, 6.45) is 14.4. The summed E-state index contributed by atoms with van der Waals surface area (Å²) in [5, 5.41) is 0. The van der Waals surface area contributed by atoms with Gasteiger partial charge >= 0.3 is 5.97 Å². The molecule has 0 aromatic rings. The van der Waals surface area contributed by atoms with Crippen molar-refractivity contribution < 1.29 is 14.3 Å². The van der Waals surface area contributed by atoms with Crippen molar-refractivity contribution >= 4 is 41.3 Å². The Morgan fingerprint density at radius 1 is 0.818 bits per heavy atom. The van der Waals surface area contributed by atoms with Crippen LogP contribution in [0.5, 0.6) is 0 Å². The van der Waals surface area contributed by atoms with Crippen LogP contribution in [0.4, 0.5) is 0 Å². The number of rotatable bonds is 15. The Labute approximate surface area is 158 Å². The van der Waals surface area contributed by atoms with Crippen molar-refractivity contribution in [1.82, 2.24) is 0 Å². The van der Waals surface area contributed by atoms with Gasteiger partial charge in [-0.3, -0.25) is 9.59 Å². The minimum absolute atomic E-state index is 0. The third-order valence-corrected chi connectivity index (χ3v) is 3.62. The Hall–Kier alpha value is 0.1000. The van der Waals surface area contributed by atoms with Gasteiger partial charge in [-0.05, 0) is 6.42 Å². The van der Waals surface area contributed by atoms with Gasteiger partial charge in [-0.1, -0.05) is 71.1 Å². The van der Waals surface area contributed by atoms with E-state index in [9.17, 15) is 9.59 Å². The van der Waals surface area contributed by atoms with E-state index in [2.05, 4.69) is 11.7 Å². The molecule has 0 aliphatic carbocycles. The van der Waals surface area contributed by atoms with E-state index < -0.39 is 5.97 Å². The molecule has 0 fully saturated rings. The maximum absolute atomic E-state index is 11.4. The van der Waals surface area contributed by atoms with E-state index >= 15 is 0 Å². The third-order valence-electron chi connectivity index (χ3n) is 3.62. The second-order valence-corrected chi connectivity index (χ2v) is 5.69. The van der Waals surface area contributed by atoms with Crippen LogP contribution in [0.2, 0.25) is 0 Å². The van der Waals surface area contributed by atoms with Crippen molar-refractivity contribution in [2.24, 2.45) is 5.73 Å². The predicted molar refractivity (Wildman–Crippen MR) is 91.9 cm³/mol. The zero-order valence-electron chi connectivity index (χ0n) is 14.7. The van der Waals surface area contributed by atoms with Gasteiger partial charge in [0.2, 0.25) is 0 Å². The minimum Gasteiger partial charge on any atom is -0.457 e. The van der Waals surface area contributed by atoms with Gasteiger partial charge in [-0.25, -0.2) is 0 Å². The molecule has 4 nitrogen and oxygen atoms in total. The number of hydrogen-bond acceptors (Lipinski definition) is 4. The van der Waals surface area contributed by atoms with Crippen LogP contribution < -0.4 is 5.73 Å². The second kappa shape index (κ2) is 19.1. The number of hydrogen-bond donors (Lipinski definition) is 1. The van der Waals surface area contributed by atoms with Crippen LogP contribution in [0.3, 0.4) is 0 Å². The Morgan fingerprint density at radius 2 is 1.27 bits per heavy atom. The Morgan fingerprint density at radius 3 is 1.73 bits per heavy atom. The molecule has 0 unspecified atom stereocenters. The molecule has 0 saturated carbocycles. The van der Waals surface area contributed by atoms with Crippen LogP contribution in [-0.2, 0) is 14.3 Å². The summed E-state index contributed by atoms with van der Waals surface area (Å²) >= 11 is 0. The van der Waals surface area contributed by atoms with Gasteiger partial charge in [0.15, 0.2) is 5.78 Å². The molecular weight excluding hydrogens is 289 g/mol. The summed E-state index contributed by atoms with van der Waals surface area (Å²) in [6.45, 7) is 1.96. The fraction of sp³-hybridized carbons (Fsp3) is 0.882. The van der Waals surface area contributed by atoms with Crippen molar-refractivity contribution in [3.8, 4) is 0 Å². The topological polar surface area (TPSA) is 69.4 Å². The number of Topliss-reactive ketones (excluding diaryl/α,β-unsaturated/α-hetero) is 1. The monoisotopic (exact) mass is 322 g/mol. The van der Waals surface area contributed by atoms with Crippen molar-refractivity contribution in [3.05, 3.63) is 0 Å². The largest absolute Gasteiger partial charge is 0.457 e. The average Bonchev–Trinajstić information content (AvgIpc) is 2.50. The Bertz CT molecular complexity index is 273. The molecule has 0 aromatic heterocycles. The summed E-state index contributed by atoms with van der Waals surface area (Å²) < 4.78 is 4.69. The van der Waals surface area contributed by atoms with Crippen LogP contribution in [0, 0.1) is 0 Å². The SMILES string of the molecule is CCCCCCCCCCCCCC(=O)COC(=O)CN.[Na]. The van der Waals surface area contributed by atoms with Gasteiger partial charge < -0.3 is 10.5 Å². The van der Waals surface area contributed by atoms with Crippen LogP contribution in [-0.4, -0.2) is 54.5 Å². The fourth-order valence-electron chi connectivity index (χ4n) is 2.28.